The quantitative estimate of drug-likeness (QED) is 0.645. The number of aromatic nitrogens is 2. The van der Waals surface area contributed by atoms with E-state index in [2.05, 4.69) is 36.5 Å². The molecule has 3 rings (SSSR count). The smallest absolute Gasteiger partial charge is 0.413 e. The second-order valence-electron chi connectivity index (χ2n) is 9.56. The average molecular weight is 443 g/mol. The molecule has 2 amide bonds. The zero-order valence-corrected chi connectivity index (χ0v) is 19.6. The highest BCUT2D eigenvalue weighted by molar-refractivity contribution is 5.83. The number of anilines is 1. The summed E-state index contributed by atoms with van der Waals surface area (Å²) in [6.45, 7) is 10.2. The van der Waals surface area contributed by atoms with Gasteiger partial charge in [-0.25, -0.2) is 9.59 Å². The Balaban J connectivity index is 1.65. The SMILES string of the molecule is CC(C)NC(=O)OC1CCC(c2cc(NC(=O)OCc3ccccc3)nn2C(C)(C)C)C1. The van der Waals surface area contributed by atoms with Crippen LogP contribution in [0.25, 0.3) is 0 Å². The molecular weight excluding hydrogens is 408 g/mol. The molecule has 32 heavy (non-hydrogen) atoms. The highest BCUT2D eigenvalue weighted by Crippen LogP contribution is 2.38. The van der Waals surface area contributed by atoms with Crippen LogP contribution in [0, 0.1) is 0 Å². The molecule has 8 heteroatoms. The Bertz CT molecular complexity index is 918. The fourth-order valence-electron chi connectivity index (χ4n) is 3.89. The molecule has 2 aromatic rings. The molecule has 1 aliphatic carbocycles. The molecule has 8 nitrogen and oxygen atoms in total. The van der Waals surface area contributed by atoms with Crippen LogP contribution in [0.4, 0.5) is 15.4 Å². The van der Waals surface area contributed by atoms with Crippen LogP contribution in [-0.4, -0.2) is 34.1 Å². The number of nitrogens with zero attached hydrogens (tertiary/aromatic N) is 2. The first kappa shape index (κ1) is 23.6. The lowest BCUT2D eigenvalue weighted by molar-refractivity contribution is 0.0979. The summed E-state index contributed by atoms with van der Waals surface area (Å²) in [7, 11) is 0. The Hall–Kier alpha value is -3.03. The summed E-state index contributed by atoms with van der Waals surface area (Å²) in [5, 5.41) is 10.1. The predicted molar refractivity (Wildman–Crippen MR) is 123 cm³/mol. The zero-order valence-electron chi connectivity index (χ0n) is 19.6. The molecule has 1 saturated carbocycles. The first-order valence-corrected chi connectivity index (χ1v) is 11.2. The van der Waals surface area contributed by atoms with Gasteiger partial charge in [0.05, 0.1) is 5.54 Å². The van der Waals surface area contributed by atoms with E-state index < -0.39 is 6.09 Å². The third-order valence-electron chi connectivity index (χ3n) is 5.30. The number of alkyl carbamates (subject to hydrolysis) is 1. The molecule has 174 valence electrons. The molecule has 1 aromatic carbocycles. The Morgan fingerprint density at radius 2 is 1.88 bits per heavy atom. The van der Waals surface area contributed by atoms with Crippen molar-refractivity contribution in [2.45, 2.75) is 84.1 Å². The van der Waals surface area contributed by atoms with Gasteiger partial charge in [-0.2, -0.15) is 5.10 Å². The van der Waals surface area contributed by atoms with Crippen LogP contribution >= 0.6 is 0 Å². The standard InChI is InChI=1S/C24H34N4O4/c1-16(2)25-23(30)32-19-12-11-18(13-19)20-14-21(27-28(20)24(3,4)5)26-22(29)31-15-17-9-7-6-8-10-17/h6-10,14,16,18-19H,11-13,15H2,1-5H3,(H,25,30)(H,26,27,29). The Morgan fingerprint density at radius 3 is 2.53 bits per heavy atom. The van der Waals surface area contributed by atoms with E-state index >= 15 is 0 Å². The van der Waals surface area contributed by atoms with E-state index in [0.717, 1.165) is 30.5 Å². The summed E-state index contributed by atoms with van der Waals surface area (Å²) < 4.78 is 12.8. The molecule has 0 radical (unpaired) electrons. The van der Waals surface area contributed by atoms with Crippen LogP contribution < -0.4 is 10.6 Å². The number of benzene rings is 1. The van der Waals surface area contributed by atoms with Crippen molar-refractivity contribution in [2.75, 3.05) is 5.32 Å². The highest BCUT2D eigenvalue weighted by Gasteiger charge is 2.33. The van der Waals surface area contributed by atoms with Gasteiger partial charge in [0.2, 0.25) is 0 Å². The van der Waals surface area contributed by atoms with E-state index in [4.69, 9.17) is 9.47 Å². The van der Waals surface area contributed by atoms with Gasteiger partial charge in [0, 0.05) is 23.7 Å². The molecule has 1 aliphatic rings. The topological polar surface area (TPSA) is 94.5 Å². The predicted octanol–water partition coefficient (Wildman–Crippen LogP) is 5.16. The second-order valence-corrected chi connectivity index (χ2v) is 9.56. The van der Waals surface area contributed by atoms with Crippen molar-refractivity contribution in [1.29, 1.82) is 0 Å². The van der Waals surface area contributed by atoms with Crippen LogP contribution in [0.1, 0.15) is 71.1 Å². The van der Waals surface area contributed by atoms with E-state index in [1.165, 1.54) is 0 Å². The van der Waals surface area contributed by atoms with E-state index in [9.17, 15) is 9.59 Å². The lowest BCUT2D eigenvalue weighted by atomic mass is 10.0. The molecule has 1 fully saturated rings. The van der Waals surface area contributed by atoms with Gasteiger partial charge >= 0.3 is 12.2 Å². The minimum Gasteiger partial charge on any atom is -0.446 e. The average Bonchev–Trinajstić information content (AvgIpc) is 3.33. The maximum atomic E-state index is 12.3. The summed E-state index contributed by atoms with van der Waals surface area (Å²) in [5.41, 5.74) is 1.67. The molecule has 2 N–H and O–H groups in total. The monoisotopic (exact) mass is 442 g/mol. The first-order chi connectivity index (χ1) is 15.1. The van der Waals surface area contributed by atoms with Crippen molar-refractivity contribution in [3.8, 4) is 0 Å². The molecule has 2 unspecified atom stereocenters. The van der Waals surface area contributed by atoms with Crippen molar-refractivity contribution < 1.29 is 19.1 Å². The maximum absolute atomic E-state index is 12.3. The van der Waals surface area contributed by atoms with Gasteiger partial charge in [-0.05, 0) is 59.4 Å². The third kappa shape index (κ3) is 6.48. The van der Waals surface area contributed by atoms with Crippen molar-refractivity contribution in [3.63, 3.8) is 0 Å². The van der Waals surface area contributed by atoms with Gasteiger partial charge in [0.15, 0.2) is 5.82 Å². The number of ether oxygens (including phenoxy) is 2. The lowest BCUT2D eigenvalue weighted by Gasteiger charge is -2.24. The number of amides is 2. The normalized spacial score (nSPS) is 18.4. The van der Waals surface area contributed by atoms with Crippen molar-refractivity contribution in [3.05, 3.63) is 47.7 Å². The van der Waals surface area contributed by atoms with Gasteiger partial charge in [-0.3, -0.25) is 10.00 Å². The second kappa shape index (κ2) is 10.1. The van der Waals surface area contributed by atoms with Crippen molar-refractivity contribution in [1.82, 2.24) is 15.1 Å². The number of hydrogen-bond acceptors (Lipinski definition) is 5. The summed E-state index contributed by atoms with van der Waals surface area (Å²) >= 11 is 0. The van der Waals surface area contributed by atoms with E-state index in [-0.39, 0.29) is 36.3 Å². The Kier molecular flexibility index (Phi) is 7.43. The third-order valence-corrected chi connectivity index (χ3v) is 5.30. The zero-order chi connectivity index (χ0) is 23.3. The summed E-state index contributed by atoms with van der Waals surface area (Å²) in [6, 6.07) is 11.5. The number of carbonyl (C=O) groups excluding carboxylic acids is 2. The number of nitrogens with one attached hydrogen (secondary N) is 2. The molecule has 1 aromatic heterocycles. The largest absolute Gasteiger partial charge is 0.446 e. The molecule has 0 aliphatic heterocycles. The summed E-state index contributed by atoms with van der Waals surface area (Å²) in [4.78, 5) is 24.2. The fraction of sp³-hybridized carbons (Fsp3) is 0.542. The van der Waals surface area contributed by atoms with Gasteiger partial charge in [-0.1, -0.05) is 30.3 Å². The minimum absolute atomic E-state index is 0.0392. The van der Waals surface area contributed by atoms with E-state index in [1.807, 2.05) is 54.9 Å². The van der Waals surface area contributed by atoms with Crippen LogP contribution in [0.5, 0.6) is 0 Å². The summed E-state index contributed by atoms with van der Waals surface area (Å²) in [6.07, 6.45) is 1.36. The molecular formula is C24H34N4O4. The maximum Gasteiger partial charge on any atom is 0.413 e. The lowest BCUT2D eigenvalue weighted by Crippen LogP contribution is -2.33. The van der Waals surface area contributed by atoms with E-state index in [1.54, 1.807) is 0 Å². The molecule has 0 spiro atoms. The minimum atomic E-state index is -0.544. The van der Waals surface area contributed by atoms with Crippen LogP contribution in [0.15, 0.2) is 36.4 Å². The van der Waals surface area contributed by atoms with Crippen LogP contribution in [0.3, 0.4) is 0 Å². The molecule has 1 heterocycles. The van der Waals surface area contributed by atoms with E-state index in [0.29, 0.717) is 5.82 Å². The fourth-order valence-corrected chi connectivity index (χ4v) is 3.89. The Morgan fingerprint density at radius 1 is 1.16 bits per heavy atom. The van der Waals surface area contributed by atoms with Crippen molar-refractivity contribution in [2.24, 2.45) is 0 Å². The molecule has 2 atom stereocenters. The Labute approximate surface area is 189 Å². The summed E-state index contributed by atoms with van der Waals surface area (Å²) in [5.74, 6) is 0.643. The number of carbonyl (C=O) groups is 2. The van der Waals surface area contributed by atoms with Gasteiger partial charge in [0.25, 0.3) is 0 Å². The van der Waals surface area contributed by atoms with Gasteiger partial charge < -0.3 is 14.8 Å². The molecule has 0 bridgehead atoms. The van der Waals surface area contributed by atoms with Crippen molar-refractivity contribution >= 4 is 18.0 Å². The number of hydrogen-bond donors (Lipinski definition) is 2. The molecule has 0 saturated heterocycles. The van der Waals surface area contributed by atoms with Crippen LogP contribution in [0.2, 0.25) is 0 Å². The van der Waals surface area contributed by atoms with Gasteiger partial charge in [0.1, 0.15) is 12.7 Å². The van der Waals surface area contributed by atoms with Gasteiger partial charge in [-0.15, -0.1) is 0 Å². The first-order valence-electron chi connectivity index (χ1n) is 11.2. The van der Waals surface area contributed by atoms with Crippen LogP contribution in [-0.2, 0) is 21.6 Å². The number of rotatable bonds is 6. The highest BCUT2D eigenvalue weighted by atomic mass is 16.6.